The number of rotatable bonds is 3. The van der Waals surface area contributed by atoms with Crippen LogP contribution in [0.1, 0.15) is 54.6 Å². The van der Waals surface area contributed by atoms with Crippen molar-refractivity contribution in [2.24, 2.45) is 5.41 Å². The average Bonchev–Trinajstić information content (AvgIpc) is 2.68. The number of pyridine rings is 1. The number of amides is 1. The van der Waals surface area contributed by atoms with Crippen LogP contribution in [0.25, 0.3) is 0 Å². The molecule has 0 aromatic carbocycles. The van der Waals surface area contributed by atoms with Crippen LogP contribution in [0.5, 0.6) is 0 Å². The number of nitrogens with zero attached hydrogens (tertiary/aromatic N) is 2. The molecule has 0 spiro atoms. The van der Waals surface area contributed by atoms with Gasteiger partial charge in [-0.25, -0.2) is 0 Å². The minimum absolute atomic E-state index is 0. The van der Waals surface area contributed by atoms with Gasteiger partial charge in [0.1, 0.15) is 5.56 Å². The zero-order valence-electron chi connectivity index (χ0n) is 16.8. The molecule has 28 heavy (non-hydrogen) atoms. The number of hydrogen-bond donors (Lipinski definition) is 1. The normalized spacial score (nSPS) is 23.0. The van der Waals surface area contributed by atoms with Gasteiger partial charge in [0.15, 0.2) is 0 Å². The second-order valence-corrected chi connectivity index (χ2v) is 7.95. The summed E-state index contributed by atoms with van der Waals surface area (Å²) in [6.45, 7) is 6.19. The van der Waals surface area contributed by atoms with Crippen molar-refractivity contribution in [1.82, 2.24) is 14.8 Å². The van der Waals surface area contributed by atoms with Gasteiger partial charge in [-0.2, -0.15) is 0 Å². The summed E-state index contributed by atoms with van der Waals surface area (Å²) >= 11 is 0. The van der Waals surface area contributed by atoms with E-state index in [9.17, 15) is 14.4 Å². The molecular formula is C20H30ClN3O4. The van der Waals surface area contributed by atoms with Crippen molar-refractivity contribution >= 4 is 24.3 Å². The molecule has 1 unspecified atom stereocenters. The lowest BCUT2D eigenvalue weighted by Gasteiger charge is -2.38. The summed E-state index contributed by atoms with van der Waals surface area (Å²) in [5.74, 6) is -0.590. The van der Waals surface area contributed by atoms with Crippen molar-refractivity contribution in [1.29, 1.82) is 0 Å². The van der Waals surface area contributed by atoms with Crippen LogP contribution < -0.4 is 10.9 Å². The van der Waals surface area contributed by atoms with Crippen LogP contribution in [-0.2, 0) is 9.53 Å². The molecule has 0 saturated carbocycles. The number of esters is 1. The molecule has 3 heterocycles. The summed E-state index contributed by atoms with van der Waals surface area (Å²) < 4.78 is 6.64. The Morgan fingerprint density at radius 3 is 2.61 bits per heavy atom. The predicted octanol–water partition coefficient (Wildman–Crippen LogP) is 1.92. The topological polar surface area (TPSA) is 80.6 Å². The van der Waals surface area contributed by atoms with E-state index < -0.39 is 5.41 Å². The monoisotopic (exact) mass is 411 g/mol. The number of nitrogens with one attached hydrogen (secondary N) is 1. The molecule has 1 aromatic rings. The van der Waals surface area contributed by atoms with Crippen molar-refractivity contribution in [3.8, 4) is 0 Å². The fraction of sp³-hybridized carbons (Fsp3) is 0.650. The Morgan fingerprint density at radius 2 is 1.96 bits per heavy atom. The second-order valence-electron chi connectivity index (χ2n) is 7.95. The SMILES string of the molecule is COC(=O)C1(C)CCCN(C(=O)c2c(C)ccn(C3CCNCC3)c2=O)C1.Cl. The lowest BCUT2D eigenvalue weighted by Crippen LogP contribution is -2.50. The van der Waals surface area contributed by atoms with Crippen LogP contribution in [0.15, 0.2) is 17.1 Å². The second kappa shape index (κ2) is 9.09. The minimum Gasteiger partial charge on any atom is -0.469 e. The third kappa shape index (κ3) is 4.25. The smallest absolute Gasteiger partial charge is 0.313 e. The van der Waals surface area contributed by atoms with E-state index in [2.05, 4.69) is 5.32 Å². The van der Waals surface area contributed by atoms with E-state index in [1.807, 2.05) is 13.0 Å². The molecule has 0 radical (unpaired) electrons. The van der Waals surface area contributed by atoms with Gasteiger partial charge < -0.3 is 19.5 Å². The minimum atomic E-state index is -0.723. The van der Waals surface area contributed by atoms with Gasteiger partial charge in [-0.05, 0) is 64.3 Å². The molecule has 156 valence electrons. The highest BCUT2D eigenvalue weighted by molar-refractivity contribution is 5.95. The number of aromatic nitrogens is 1. The molecule has 3 rings (SSSR count). The quantitative estimate of drug-likeness (QED) is 0.768. The summed E-state index contributed by atoms with van der Waals surface area (Å²) in [4.78, 5) is 40.1. The van der Waals surface area contributed by atoms with Gasteiger partial charge >= 0.3 is 5.97 Å². The van der Waals surface area contributed by atoms with Crippen molar-refractivity contribution in [3.05, 3.63) is 33.7 Å². The van der Waals surface area contributed by atoms with E-state index in [1.165, 1.54) is 7.11 Å². The van der Waals surface area contributed by atoms with E-state index in [1.54, 1.807) is 22.6 Å². The molecule has 7 nitrogen and oxygen atoms in total. The number of aryl methyl sites for hydroxylation is 1. The lowest BCUT2D eigenvalue weighted by molar-refractivity contribution is -0.154. The predicted molar refractivity (Wildman–Crippen MR) is 109 cm³/mol. The first-order valence-corrected chi connectivity index (χ1v) is 9.67. The maximum Gasteiger partial charge on any atom is 0.313 e. The summed E-state index contributed by atoms with van der Waals surface area (Å²) in [6.07, 6.45) is 4.95. The van der Waals surface area contributed by atoms with E-state index in [4.69, 9.17) is 4.74 Å². The molecule has 0 aliphatic carbocycles. The Bertz CT molecular complexity index is 788. The maximum absolute atomic E-state index is 13.2. The summed E-state index contributed by atoms with van der Waals surface area (Å²) in [7, 11) is 1.37. The van der Waals surface area contributed by atoms with Crippen molar-refractivity contribution in [2.75, 3.05) is 33.3 Å². The Morgan fingerprint density at radius 1 is 1.29 bits per heavy atom. The standard InChI is InChI=1S/C20H29N3O4.ClH/c1-14-7-12-23(15-5-9-21-10-6-15)18(25)16(14)17(24)22-11-4-8-20(2,13-22)19(26)27-3;/h7,12,15,21H,4-6,8-11,13H2,1-3H3;1H. The summed E-state index contributed by atoms with van der Waals surface area (Å²) in [6, 6.07) is 1.97. The number of halogens is 1. The zero-order valence-corrected chi connectivity index (χ0v) is 17.6. The van der Waals surface area contributed by atoms with E-state index in [-0.39, 0.29) is 48.0 Å². The molecule has 1 aromatic heterocycles. The summed E-state index contributed by atoms with van der Waals surface area (Å²) in [5, 5.41) is 3.30. The number of ether oxygens (including phenoxy) is 1. The van der Waals surface area contributed by atoms with Gasteiger partial charge in [-0.3, -0.25) is 14.4 Å². The van der Waals surface area contributed by atoms with E-state index in [0.717, 1.165) is 25.9 Å². The lowest BCUT2D eigenvalue weighted by atomic mass is 9.81. The highest BCUT2D eigenvalue weighted by Gasteiger charge is 2.41. The molecule has 2 fully saturated rings. The van der Waals surface area contributed by atoms with Gasteiger partial charge in [-0.1, -0.05) is 0 Å². The fourth-order valence-corrected chi connectivity index (χ4v) is 4.26. The maximum atomic E-state index is 13.2. The largest absolute Gasteiger partial charge is 0.469 e. The van der Waals surface area contributed by atoms with Gasteiger partial charge in [0, 0.05) is 25.3 Å². The van der Waals surface area contributed by atoms with Crippen molar-refractivity contribution in [2.45, 2.75) is 45.6 Å². The molecular weight excluding hydrogens is 382 g/mol. The van der Waals surface area contributed by atoms with Crippen LogP contribution in [-0.4, -0.2) is 54.6 Å². The number of carbonyl (C=O) groups excluding carboxylic acids is 2. The highest BCUT2D eigenvalue weighted by Crippen LogP contribution is 2.31. The molecule has 1 amide bonds. The molecule has 2 aliphatic heterocycles. The number of methoxy groups -OCH3 is 1. The van der Waals surface area contributed by atoms with Crippen LogP contribution in [0.2, 0.25) is 0 Å². The zero-order chi connectivity index (χ0) is 19.6. The average molecular weight is 412 g/mol. The van der Waals surface area contributed by atoms with Gasteiger partial charge in [0.2, 0.25) is 0 Å². The van der Waals surface area contributed by atoms with Gasteiger partial charge in [0.25, 0.3) is 11.5 Å². The Balaban J connectivity index is 0.00000280. The highest BCUT2D eigenvalue weighted by atomic mass is 35.5. The number of piperidine rings is 2. The Labute approximate surface area is 171 Å². The van der Waals surface area contributed by atoms with Crippen molar-refractivity contribution in [3.63, 3.8) is 0 Å². The molecule has 8 heteroatoms. The molecule has 0 bridgehead atoms. The van der Waals surface area contributed by atoms with Crippen LogP contribution in [0.3, 0.4) is 0 Å². The molecule has 2 aliphatic rings. The molecule has 1 N–H and O–H groups in total. The Hall–Kier alpha value is -1.86. The van der Waals surface area contributed by atoms with Crippen molar-refractivity contribution < 1.29 is 14.3 Å². The number of likely N-dealkylation sites (tertiary alicyclic amines) is 1. The first-order chi connectivity index (χ1) is 12.9. The third-order valence-corrected chi connectivity index (χ3v) is 5.91. The van der Waals surface area contributed by atoms with E-state index >= 15 is 0 Å². The van der Waals surface area contributed by atoms with Crippen LogP contribution in [0, 0.1) is 12.3 Å². The fourth-order valence-electron chi connectivity index (χ4n) is 4.26. The first kappa shape index (κ1) is 22.4. The molecule has 2 saturated heterocycles. The summed E-state index contributed by atoms with van der Waals surface area (Å²) in [5.41, 5.74) is -0.0396. The van der Waals surface area contributed by atoms with Crippen LogP contribution >= 0.6 is 12.4 Å². The van der Waals surface area contributed by atoms with Gasteiger partial charge in [0.05, 0.1) is 12.5 Å². The van der Waals surface area contributed by atoms with Gasteiger partial charge in [-0.15, -0.1) is 12.4 Å². The Kier molecular flexibility index (Phi) is 7.28. The molecule has 1 atom stereocenters. The van der Waals surface area contributed by atoms with Crippen LogP contribution in [0.4, 0.5) is 0 Å². The van der Waals surface area contributed by atoms with E-state index in [0.29, 0.717) is 24.9 Å². The number of hydrogen-bond acceptors (Lipinski definition) is 5. The third-order valence-electron chi connectivity index (χ3n) is 5.91. The first-order valence-electron chi connectivity index (χ1n) is 9.67. The number of carbonyl (C=O) groups is 2.